The van der Waals surface area contributed by atoms with Crippen molar-refractivity contribution in [1.29, 1.82) is 0 Å². The summed E-state index contributed by atoms with van der Waals surface area (Å²) >= 11 is 5.89. The molecule has 0 aliphatic heterocycles. The minimum Gasteiger partial charge on any atom is -0.354 e. The Morgan fingerprint density at radius 3 is 2.75 bits per heavy atom. The van der Waals surface area contributed by atoms with Crippen molar-refractivity contribution < 1.29 is 4.79 Å². The summed E-state index contributed by atoms with van der Waals surface area (Å²) < 4.78 is 0. The fourth-order valence-electron chi connectivity index (χ4n) is 1.23. The standard InChI is InChI=1S/C11H18N2OS2/c1-7(2)9(15)10(14)13-6-8(3)11-12-4-5-16-11/h4-5,7-9,15H,6H2,1-3H3,(H,13,14). The predicted molar refractivity (Wildman–Crippen MR) is 71.2 cm³/mol. The van der Waals surface area contributed by atoms with E-state index in [-0.39, 0.29) is 23.0 Å². The highest BCUT2D eigenvalue weighted by Gasteiger charge is 2.18. The molecule has 0 aliphatic carbocycles. The SMILES string of the molecule is CC(CNC(=O)C(S)C(C)C)c1nccs1. The molecule has 16 heavy (non-hydrogen) atoms. The van der Waals surface area contributed by atoms with Gasteiger partial charge in [-0.3, -0.25) is 4.79 Å². The number of carbonyl (C=O) groups excluding carboxylic acids is 1. The zero-order valence-corrected chi connectivity index (χ0v) is 11.5. The van der Waals surface area contributed by atoms with Crippen LogP contribution in [-0.4, -0.2) is 22.7 Å². The van der Waals surface area contributed by atoms with Crippen molar-refractivity contribution in [3.05, 3.63) is 16.6 Å². The normalized spacial score (nSPS) is 14.8. The maximum Gasteiger partial charge on any atom is 0.233 e. The van der Waals surface area contributed by atoms with E-state index in [2.05, 4.69) is 29.9 Å². The average molecular weight is 258 g/mol. The third kappa shape index (κ3) is 3.79. The molecule has 0 bridgehead atoms. The predicted octanol–water partition coefficient (Wildman–Crippen LogP) is 2.32. The first kappa shape index (κ1) is 13.5. The van der Waals surface area contributed by atoms with Crippen LogP contribution in [0, 0.1) is 5.92 Å². The summed E-state index contributed by atoms with van der Waals surface area (Å²) in [7, 11) is 0. The Hall–Kier alpha value is -0.550. The maximum absolute atomic E-state index is 11.7. The molecule has 1 N–H and O–H groups in total. The van der Waals surface area contributed by atoms with Gasteiger partial charge in [-0.2, -0.15) is 12.6 Å². The molecule has 1 amide bonds. The second kappa shape index (κ2) is 6.25. The number of nitrogens with one attached hydrogen (secondary N) is 1. The zero-order valence-electron chi connectivity index (χ0n) is 9.80. The van der Waals surface area contributed by atoms with Crippen LogP contribution in [0.3, 0.4) is 0 Å². The molecule has 0 spiro atoms. The Morgan fingerprint density at radius 1 is 1.56 bits per heavy atom. The van der Waals surface area contributed by atoms with Crippen molar-refractivity contribution in [1.82, 2.24) is 10.3 Å². The second-order valence-electron chi connectivity index (χ2n) is 4.21. The molecule has 2 atom stereocenters. The maximum atomic E-state index is 11.7. The molecule has 1 aromatic heterocycles. The van der Waals surface area contributed by atoms with Gasteiger partial charge in [0.25, 0.3) is 0 Å². The topological polar surface area (TPSA) is 42.0 Å². The van der Waals surface area contributed by atoms with Crippen molar-refractivity contribution in [3.8, 4) is 0 Å². The minimum atomic E-state index is -0.233. The molecule has 2 unspecified atom stereocenters. The molecule has 0 fully saturated rings. The van der Waals surface area contributed by atoms with Gasteiger partial charge in [-0.1, -0.05) is 20.8 Å². The highest BCUT2D eigenvalue weighted by molar-refractivity contribution is 7.81. The van der Waals surface area contributed by atoms with E-state index in [1.165, 1.54) is 0 Å². The van der Waals surface area contributed by atoms with Gasteiger partial charge in [0.1, 0.15) is 0 Å². The third-order valence-corrected chi connectivity index (χ3v) is 4.19. The molecule has 3 nitrogen and oxygen atoms in total. The van der Waals surface area contributed by atoms with Gasteiger partial charge in [0.2, 0.25) is 5.91 Å². The summed E-state index contributed by atoms with van der Waals surface area (Å²) in [4.78, 5) is 15.9. The summed E-state index contributed by atoms with van der Waals surface area (Å²) in [6.45, 7) is 6.65. The van der Waals surface area contributed by atoms with Crippen molar-refractivity contribution in [3.63, 3.8) is 0 Å². The van der Waals surface area contributed by atoms with Crippen LogP contribution in [0.1, 0.15) is 31.7 Å². The molecule has 5 heteroatoms. The fraction of sp³-hybridized carbons (Fsp3) is 0.636. The second-order valence-corrected chi connectivity index (χ2v) is 5.69. The van der Waals surface area contributed by atoms with E-state index in [9.17, 15) is 4.79 Å². The molecule has 1 heterocycles. The van der Waals surface area contributed by atoms with Gasteiger partial charge >= 0.3 is 0 Å². The Kier molecular flexibility index (Phi) is 5.28. The summed E-state index contributed by atoms with van der Waals surface area (Å²) in [6, 6.07) is 0. The monoisotopic (exact) mass is 258 g/mol. The number of rotatable bonds is 5. The van der Waals surface area contributed by atoms with Gasteiger partial charge in [-0.15, -0.1) is 11.3 Å². The van der Waals surface area contributed by atoms with E-state index in [1.807, 2.05) is 19.2 Å². The lowest BCUT2D eigenvalue weighted by atomic mass is 10.1. The largest absolute Gasteiger partial charge is 0.354 e. The molecular formula is C11H18N2OS2. The molecule has 0 aliphatic rings. The Balaban J connectivity index is 2.37. The van der Waals surface area contributed by atoms with Gasteiger partial charge in [0.05, 0.1) is 10.3 Å². The quantitative estimate of drug-likeness (QED) is 0.796. The van der Waals surface area contributed by atoms with E-state index in [0.29, 0.717) is 6.54 Å². The summed E-state index contributed by atoms with van der Waals surface area (Å²) in [5.74, 6) is 0.511. The van der Waals surface area contributed by atoms with E-state index in [0.717, 1.165) is 5.01 Å². The number of amides is 1. The van der Waals surface area contributed by atoms with E-state index < -0.39 is 0 Å². The van der Waals surface area contributed by atoms with Crippen LogP contribution in [0.5, 0.6) is 0 Å². The van der Waals surface area contributed by atoms with Crippen LogP contribution in [0.25, 0.3) is 0 Å². The van der Waals surface area contributed by atoms with Gasteiger partial charge in [0, 0.05) is 24.0 Å². The van der Waals surface area contributed by atoms with E-state index >= 15 is 0 Å². The molecule has 1 rings (SSSR count). The Morgan fingerprint density at radius 2 is 2.25 bits per heavy atom. The van der Waals surface area contributed by atoms with Crippen molar-refractivity contribution >= 4 is 29.9 Å². The van der Waals surface area contributed by atoms with Crippen LogP contribution in [0.2, 0.25) is 0 Å². The molecule has 1 aromatic rings. The van der Waals surface area contributed by atoms with Crippen molar-refractivity contribution in [2.45, 2.75) is 31.9 Å². The van der Waals surface area contributed by atoms with Gasteiger partial charge in [0.15, 0.2) is 0 Å². The van der Waals surface area contributed by atoms with Crippen LogP contribution in [-0.2, 0) is 4.79 Å². The van der Waals surface area contributed by atoms with Gasteiger partial charge < -0.3 is 5.32 Å². The number of carbonyl (C=O) groups is 1. The lowest BCUT2D eigenvalue weighted by Gasteiger charge is -2.16. The average Bonchev–Trinajstić information content (AvgIpc) is 2.77. The van der Waals surface area contributed by atoms with Crippen LogP contribution >= 0.6 is 24.0 Å². The first-order valence-corrected chi connectivity index (χ1v) is 6.77. The molecule has 0 aromatic carbocycles. The molecule has 0 saturated carbocycles. The first-order chi connectivity index (χ1) is 7.52. The van der Waals surface area contributed by atoms with Gasteiger partial charge in [-0.05, 0) is 5.92 Å². The lowest BCUT2D eigenvalue weighted by molar-refractivity contribution is -0.121. The number of thiazole rings is 1. The fourth-order valence-corrected chi connectivity index (χ4v) is 2.02. The highest BCUT2D eigenvalue weighted by Crippen LogP contribution is 2.16. The van der Waals surface area contributed by atoms with Crippen LogP contribution in [0.4, 0.5) is 0 Å². The minimum absolute atomic E-state index is 0.00161. The van der Waals surface area contributed by atoms with Crippen molar-refractivity contribution in [2.24, 2.45) is 5.92 Å². The molecule has 0 radical (unpaired) electrons. The molecular weight excluding hydrogens is 240 g/mol. The first-order valence-electron chi connectivity index (χ1n) is 5.37. The zero-order chi connectivity index (χ0) is 12.1. The lowest BCUT2D eigenvalue weighted by Crippen LogP contribution is -2.36. The number of hydrogen-bond donors (Lipinski definition) is 2. The van der Waals surface area contributed by atoms with Crippen molar-refractivity contribution in [2.75, 3.05) is 6.54 Å². The smallest absolute Gasteiger partial charge is 0.233 e. The van der Waals surface area contributed by atoms with E-state index in [4.69, 9.17) is 0 Å². The number of aromatic nitrogens is 1. The van der Waals surface area contributed by atoms with Gasteiger partial charge in [-0.25, -0.2) is 4.98 Å². The third-order valence-electron chi connectivity index (χ3n) is 2.36. The molecule has 0 saturated heterocycles. The molecule has 90 valence electrons. The number of nitrogens with zero attached hydrogens (tertiary/aromatic N) is 1. The Labute approximate surface area is 106 Å². The summed E-state index contributed by atoms with van der Waals surface area (Å²) in [6.07, 6.45) is 1.79. The number of thiol groups is 1. The van der Waals surface area contributed by atoms with E-state index in [1.54, 1.807) is 17.5 Å². The number of hydrogen-bond acceptors (Lipinski definition) is 4. The Bertz CT molecular complexity index is 325. The van der Waals surface area contributed by atoms with Crippen LogP contribution < -0.4 is 5.32 Å². The summed E-state index contributed by atoms with van der Waals surface area (Å²) in [5, 5.41) is 5.67. The summed E-state index contributed by atoms with van der Waals surface area (Å²) in [5.41, 5.74) is 0. The highest BCUT2D eigenvalue weighted by atomic mass is 32.1. The van der Waals surface area contributed by atoms with Crippen LogP contribution in [0.15, 0.2) is 11.6 Å².